The fourth-order valence-corrected chi connectivity index (χ4v) is 6.81. The molecule has 3 fully saturated rings. The van der Waals surface area contributed by atoms with E-state index in [-0.39, 0.29) is 23.7 Å². The average Bonchev–Trinajstić information content (AvgIpc) is 3.47. The lowest BCUT2D eigenvalue weighted by Gasteiger charge is -2.56. The number of pyridine rings is 1. The number of benzene rings is 2. The van der Waals surface area contributed by atoms with Crippen molar-refractivity contribution in [1.29, 1.82) is 0 Å². The first-order valence-electron chi connectivity index (χ1n) is 14.5. The van der Waals surface area contributed by atoms with Gasteiger partial charge in [0.25, 0.3) is 11.8 Å². The van der Waals surface area contributed by atoms with Crippen LogP contribution in [0.2, 0.25) is 0 Å². The number of hydrogen-bond donors (Lipinski definition) is 1. The fraction of sp³-hybridized carbons (Fsp3) is 0.382. The zero-order chi connectivity index (χ0) is 28.7. The lowest BCUT2D eigenvalue weighted by atomic mass is 9.59. The summed E-state index contributed by atoms with van der Waals surface area (Å²) in [6.45, 7) is 7.52. The van der Waals surface area contributed by atoms with Gasteiger partial charge in [0.05, 0.1) is 22.9 Å². The SMILES string of the molecule is Cc1ncc(C(=O)N[C@H](C)c2ccc(C(=C3CC4(C3)CN(C)C4)c3ccc(F)cc3)cc2)cc1C(=O)N1CCCC1. The van der Waals surface area contributed by atoms with E-state index in [2.05, 4.69) is 34.4 Å². The molecule has 1 atom stereocenters. The Balaban J connectivity index is 1.18. The van der Waals surface area contributed by atoms with E-state index in [1.807, 2.05) is 36.1 Å². The predicted octanol–water partition coefficient (Wildman–Crippen LogP) is 5.78. The van der Waals surface area contributed by atoms with Gasteiger partial charge in [-0.2, -0.15) is 0 Å². The van der Waals surface area contributed by atoms with Gasteiger partial charge in [-0.15, -0.1) is 0 Å². The lowest BCUT2D eigenvalue weighted by molar-refractivity contribution is -0.0106. The second kappa shape index (κ2) is 10.9. The van der Waals surface area contributed by atoms with Crippen LogP contribution in [0.5, 0.6) is 0 Å². The molecule has 2 amide bonds. The summed E-state index contributed by atoms with van der Waals surface area (Å²) >= 11 is 0. The molecule has 1 aromatic heterocycles. The van der Waals surface area contributed by atoms with E-state index in [0.717, 1.165) is 68.6 Å². The van der Waals surface area contributed by atoms with Crippen LogP contribution in [-0.2, 0) is 0 Å². The third-order valence-corrected chi connectivity index (χ3v) is 8.89. The van der Waals surface area contributed by atoms with Gasteiger partial charge < -0.3 is 15.1 Å². The molecule has 1 N–H and O–H groups in total. The molecular weight excluding hydrogens is 515 g/mol. The summed E-state index contributed by atoms with van der Waals surface area (Å²) in [5.74, 6) is -0.553. The number of aromatic nitrogens is 1. The fourth-order valence-electron chi connectivity index (χ4n) is 6.81. The zero-order valence-electron chi connectivity index (χ0n) is 24.0. The third-order valence-electron chi connectivity index (χ3n) is 8.89. The maximum absolute atomic E-state index is 13.7. The predicted molar refractivity (Wildman–Crippen MR) is 158 cm³/mol. The molecule has 2 aliphatic heterocycles. The number of nitrogens with one attached hydrogen (secondary N) is 1. The van der Waals surface area contributed by atoms with E-state index >= 15 is 0 Å². The number of carbonyl (C=O) groups excluding carboxylic acids is 2. The minimum absolute atomic E-state index is 0.0569. The Morgan fingerprint density at radius 3 is 2.17 bits per heavy atom. The molecule has 1 spiro atoms. The Morgan fingerprint density at radius 1 is 0.951 bits per heavy atom. The standard InChI is InChI=1S/C34H37FN4O2/c1-22(37-32(40)27-16-30(23(2)36-19-27)33(41)39-14-4-5-15-39)24-6-8-25(9-7-24)31(26-10-12-29(35)13-11-26)28-17-34(18-28)20-38(3)21-34/h6-13,16,19,22H,4-5,14-15,17-18,20-21H2,1-3H3,(H,37,40)/t22-/m1/s1. The number of halogens is 1. The average molecular weight is 553 g/mol. The monoisotopic (exact) mass is 552 g/mol. The summed E-state index contributed by atoms with van der Waals surface area (Å²) in [5.41, 5.74) is 7.62. The first-order valence-corrected chi connectivity index (χ1v) is 14.5. The van der Waals surface area contributed by atoms with E-state index in [1.165, 1.54) is 29.5 Å². The van der Waals surface area contributed by atoms with Crippen molar-refractivity contribution in [1.82, 2.24) is 20.1 Å². The van der Waals surface area contributed by atoms with Gasteiger partial charge >= 0.3 is 0 Å². The Hall–Kier alpha value is -3.84. The van der Waals surface area contributed by atoms with E-state index in [9.17, 15) is 14.0 Å². The van der Waals surface area contributed by atoms with Gasteiger partial charge in [-0.25, -0.2) is 4.39 Å². The number of rotatable bonds is 6. The lowest BCUT2D eigenvalue weighted by Crippen LogP contribution is -2.58. The summed E-state index contributed by atoms with van der Waals surface area (Å²) in [4.78, 5) is 34.7. The van der Waals surface area contributed by atoms with Gasteiger partial charge in [-0.1, -0.05) is 42.0 Å². The van der Waals surface area contributed by atoms with Crippen LogP contribution < -0.4 is 5.32 Å². The second-order valence-corrected chi connectivity index (χ2v) is 12.2. The van der Waals surface area contributed by atoms with Gasteiger partial charge in [-0.05, 0) is 87.0 Å². The molecule has 7 heteroatoms. The molecule has 2 saturated heterocycles. The molecular formula is C34H37FN4O2. The Morgan fingerprint density at radius 2 is 1.56 bits per heavy atom. The molecule has 212 valence electrons. The van der Waals surface area contributed by atoms with Crippen LogP contribution in [0, 0.1) is 18.2 Å². The van der Waals surface area contributed by atoms with E-state index < -0.39 is 0 Å². The zero-order valence-corrected chi connectivity index (χ0v) is 24.0. The van der Waals surface area contributed by atoms with Gasteiger partial charge in [0.15, 0.2) is 0 Å². The highest BCUT2D eigenvalue weighted by Gasteiger charge is 2.49. The Bertz CT molecular complexity index is 1490. The Kier molecular flexibility index (Phi) is 7.24. The van der Waals surface area contributed by atoms with E-state index in [1.54, 1.807) is 13.0 Å². The molecule has 1 saturated carbocycles. The van der Waals surface area contributed by atoms with Gasteiger partial charge in [0.1, 0.15) is 5.82 Å². The van der Waals surface area contributed by atoms with Crippen LogP contribution in [0.1, 0.15) is 81.7 Å². The molecule has 6 rings (SSSR count). The van der Waals surface area contributed by atoms with Crippen molar-refractivity contribution in [3.8, 4) is 0 Å². The molecule has 3 heterocycles. The maximum atomic E-state index is 13.7. The smallest absolute Gasteiger partial charge is 0.255 e. The molecule has 2 aromatic carbocycles. The number of likely N-dealkylation sites (tertiary alicyclic amines) is 2. The van der Waals surface area contributed by atoms with Crippen molar-refractivity contribution < 1.29 is 14.0 Å². The van der Waals surface area contributed by atoms with Gasteiger partial charge in [-0.3, -0.25) is 14.6 Å². The molecule has 3 aromatic rings. The Labute approximate surface area is 241 Å². The van der Waals surface area contributed by atoms with E-state index in [0.29, 0.717) is 22.2 Å². The molecule has 0 bridgehead atoms. The molecule has 6 nitrogen and oxygen atoms in total. The van der Waals surface area contributed by atoms with Crippen LogP contribution in [0.4, 0.5) is 4.39 Å². The van der Waals surface area contributed by atoms with E-state index in [4.69, 9.17) is 0 Å². The minimum Gasteiger partial charge on any atom is -0.345 e. The quantitative estimate of drug-likeness (QED) is 0.421. The number of allylic oxidation sites excluding steroid dienone is 1. The topological polar surface area (TPSA) is 65.5 Å². The molecule has 3 aliphatic rings. The molecule has 0 radical (unpaired) electrons. The summed E-state index contributed by atoms with van der Waals surface area (Å²) in [7, 11) is 2.16. The number of carbonyl (C=O) groups is 2. The van der Waals surface area contributed by atoms with Crippen LogP contribution in [0.15, 0.2) is 66.4 Å². The van der Waals surface area contributed by atoms with Crippen molar-refractivity contribution in [2.24, 2.45) is 5.41 Å². The summed E-state index contributed by atoms with van der Waals surface area (Å²) in [6, 6.07) is 16.5. The number of hydrogen-bond acceptors (Lipinski definition) is 4. The third kappa shape index (κ3) is 5.43. The van der Waals surface area contributed by atoms with Crippen molar-refractivity contribution in [2.75, 3.05) is 33.2 Å². The van der Waals surface area contributed by atoms with Crippen molar-refractivity contribution >= 4 is 17.4 Å². The van der Waals surface area contributed by atoms with Crippen molar-refractivity contribution in [3.63, 3.8) is 0 Å². The largest absolute Gasteiger partial charge is 0.345 e. The number of amides is 2. The van der Waals surface area contributed by atoms with Crippen LogP contribution in [0.25, 0.3) is 5.57 Å². The molecule has 41 heavy (non-hydrogen) atoms. The molecule has 1 aliphatic carbocycles. The first-order chi connectivity index (χ1) is 19.7. The summed E-state index contributed by atoms with van der Waals surface area (Å²) < 4.78 is 13.7. The van der Waals surface area contributed by atoms with Gasteiger partial charge in [0.2, 0.25) is 0 Å². The summed E-state index contributed by atoms with van der Waals surface area (Å²) in [5, 5.41) is 3.07. The highest BCUT2D eigenvalue weighted by molar-refractivity contribution is 6.00. The number of nitrogens with zero attached hydrogens (tertiary/aromatic N) is 3. The molecule has 0 unspecified atom stereocenters. The van der Waals surface area contributed by atoms with Crippen LogP contribution >= 0.6 is 0 Å². The normalized spacial score (nSPS) is 18.5. The first kappa shape index (κ1) is 27.3. The number of aryl methyl sites for hydroxylation is 1. The highest BCUT2D eigenvalue weighted by atomic mass is 19.1. The van der Waals surface area contributed by atoms with Crippen molar-refractivity contribution in [2.45, 2.75) is 45.6 Å². The van der Waals surface area contributed by atoms with Crippen LogP contribution in [0.3, 0.4) is 0 Å². The van der Waals surface area contributed by atoms with Crippen molar-refractivity contribution in [3.05, 3.63) is 106 Å². The summed E-state index contributed by atoms with van der Waals surface area (Å²) in [6.07, 6.45) is 5.70. The van der Waals surface area contributed by atoms with Crippen LogP contribution in [-0.4, -0.2) is 59.8 Å². The minimum atomic E-state index is -0.260. The van der Waals surface area contributed by atoms with Gasteiger partial charge in [0, 0.05) is 37.8 Å². The highest BCUT2D eigenvalue weighted by Crippen LogP contribution is 2.54. The maximum Gasteiger partial charge on any atom is 0.255 e. The second-order valence-electron chi connectivity index (χ2n) is 12.2.